The highest BCUT2D eigenvalue weighted by Gasteiger charge is 2.26. The number of ether oxygens (including phenoxy) is 3. The van der Waals surface area contributed by atoms with Crippen LogP contribution in [0.4, 0.5) is 11.4 Å². The number of anilines is 2. The minimum Gasteiger partial charge on any atom is -0.463 e. The molecule has 0 saturated heterocycles. The minimum atomic E-state index is -0.662. The average molecular weight is 1390 g/mol. The van der Waals surface area contributed by atoms with Crippen LogP contribution in [0.5, 0.6) is 0 Å². The number of nitrogens with one attached hydrogen (secondary N) is 3. The summed E-state index contributed by atoms with van der Waals surface area (Å²) in [6, 6.07) is 27.9. The lowest BCUT2D eigenvalue weighted by Crippen LogP contribution is -2.45. The molecule has 1 aliphatic rings. The molecular weight excluding hydrogens is 1310 g/mol. The first-order valence-electron chi connectivity index (χ1n) is 29.8. The van der Waals surface area contributed by atoms with Gasteiger partial charge in [0, 0.05) is 50.1 Å². The van der Waals surface area contributed by atoms with Gasteiger partial charge in [0.15, 0.2) is 0 Å². The number of rotatable bonds is 37. The van der Waals surface area contributed by atoms with Crippen LogP contribution in [0.3, 0.4) is 0 Å². The minimum absolute atomic E-state index is 0.00771. The van der Waals surface area contributed by atoms with Crippen LogP contribution in [-0.4, -0.2) is 222 Å². The highest BCUT2D eigenvalue weighted by Crippen LogP contribution is 2.27. The van der Waals surface area contributed by atoms with Gasteiger partial charge in [-0.3, -0.25) is 43.3 Å². The molecule has 0 radical (unpaired) electrons. The first kappa shape index (κ1) is 76.8. The average Bonchev–Trinajstić information content (AvgIpc) is 1.30. The summed E-state index contributed by atoms with van der Waals surface area (Å²) in [5.74, 6) is -3.96. The summed E-state index contributed by atoms with van der Waals surface area (Å²) in [7, 11) is 0. The second-order valence-corrected chi connectivity index (χ2v) is 26.6. The highest BCUT2D eigenvalue weighted by atomic mass is 32.2. The number of esters is 3. The summed E-state index contributed by atoms with van der Waals surface area (Å²) in [6.45, 7) is 6.22. The Labute approximate surface area is 567 Å². The molecule has 0 heterocycles. The summed E-state index contributed by atoms with van der Waals surface area (Å²) < 4.78 is 17.5. The smallest absolute Gasteiger partial charge is 0.316 e. The van der Waals surface area contributed by atoms with E-state index in [0.717, 1.165) is 97.6 Å². The summed E-state index contributed by atoms with van der Waals surface area (Å²) in [5, 5.41) is 18.4. The number of aliphatic hydroxyl groups excluding tert-OH is 1. The number of carbonyl (C=O) groups is 8. The number of amides is 5. The topological polar surface area (TPSA) is 240 Å². The van der Waals surface area contributed by atoms with Crippen molar-refractivity contribution in [3.05, 3.63) is 96.6 Å². The standard InChI is InChI=1S/C61H83N9O12S8/c1-4-7-28-62-50(72)38-67(60(85)89-44-57(79)82-36-32-69(40-52(74)64-47-22-14-9-15-23-47)59(84)87-42-54(76)70(48-24-16-10-17-25-48)49-26-18-11-19-27-49)30-34-80-56(78)45-90-61(86)68(39-51(73)63-37-46-20-12-8-13-21-46)31-35-81-55(77)43-88-58(83)66(29-33-71)41-53(75)65(5-2)6-3/h8,10-13,16-21,24-27,47,71H,4-7,9,14-15,22-23,28-45H2,1-3H3,(H,62,72)(H,63,73)(H,64,74). The van der Waals surface area contributed by atoms with Crippen molar-refractivity contribution in [2.24, 2.45) is 0 Å². The molecule has 3 aromatic carbocycles. The van der Waals surface area contributed by atoms with E-state index in [4.69, 9.17) is 63.1 Å². The zero-order chi connectivity index (χ0) is 65.5. The van der Waals surface area contributed by atoms with Gasteiger partial charge in [0.25, 0.3) is 0 Å². The van der Waals surface area contributed by atoms with Crippen molar-refractivity contribution in [2.45, 2.75) is 78.3 Å². The zero-order valence-corrected chi connectivity index (χ0v) is 57.7. The number of para-hydroxylation sites is 2. The van der Waals surface area contributed by atoms with Crippen molar-refractivity contribution in [1.29, 1.82) is 0 Å². The predicted molar refractivity (Wildman–Crippen MR) is 376 cm³/mol. The molecule has 1 saturated carbocycles. The molecule has 0 spiro atoms. The number of nitrogens with zero attached hydrogens (tertiary/aromatic N) is 6. The van der Waals surface area contributed by atoms with Crippen LogP contribution in [0.15, 0.2) is 91.0 Å². The van der Waals surface area contributed by atoms with Gasteiger partial charge in [0.1, 0.15) is 37.1 Å². The lowest BCUT2D eigenvalue weighted by molar-refractivity contribution is -0.141. The van der Waals surface area contributed by atoms with E-state index in [1.54, 1.807) is 14.7 Å². The van der Waals surface area contributed by atoms with Crippen LogP contribution in [0, 0.1) is 0 Å². The molecule has 3 aromatic rings. The van der Waals surface area contributed by atoms with Crippen molar-refractivity contribution in [2.75, 3.05) is 126 Å². The molecule has 0 unspecified atom stereocenters. The van der Waals surface area contributed by atoms with Crippen molar-refractivity contribution < 1.29 is 57.7 Å². The number of aliphatic hydroxyl groups is 1. The molecule has 0 aromatic heterocycles. The molecule has 4 rings (SSSR count). The van der Waals surface area contributed by atoms with E-state index in [2.05, 4.69) is 16.0 Å². The maximum Gasteiger partial charge on any atom is 0.316 e. The number of thioether (sulfide) groups is 4. The van der Waals surface area contributed by atoms with Crippen molar-refractivity contribution in [3.63, 3.8) is 0 Å². The lowest BCUT2D eigenvalue weighted by atomic mass is 9.95. The number of benzene rings is 3. The number of thiocarbonyl (C=S) groups is 4. The van der Waals surface area contributed by atoms with E-state index in [-0.39, 0.29) is 161 Å². The molecule has 492 valence electrons. The fraction of sp³-hybridized carbons (Fsp3) is 0.508. The van der Waals surface area contributed by atoms with Gasteiger partial charge in [0.05, 0.1) is 75.4 Å². The zero-order valence-electron chi connectivity index (χ0n) is 51.2. The quantitative estimate of drug-likeness (QED) is 0.0201. The summed E-state index contributed by atoms with van der Waals surface area (Å²) in [4.78, 5) is 115. The molecule has 0 bridgehead atoms. The Morgan fingerprint density at radius 1 is 0.500 bits per heavy atom. The molecule has 1 aliphatic carbocycles. The second kappa shape index (κ2) is 44.8. The van der Waals surface area contributed by atoms with Gasteiger partial charge >= 0.3 is 17.9 Å². The summed E-state index contributed by atoms with van der Waals surface area (Å²) >= 11 is 26.7. The van der Waals surface area contributed by atoms with E-state index < -0.39 is 17.9 Å². The Kier molecular flexibility index (Phi) is 38.2. The molecule has 4 N–H and O–H groups in total. The largest absolute Gasteiger partial charge is 0.463 e. The van der Waals surface area contributed by atoms with Crippen LogP contribution in [0.2, 0.25) is 0 Å². The Morgan fingerprint density at radius 3 is 1.34 bits per heavy atom. The number of hydrogen-bond donors (Lipinski definition) is 4. The molecule has 21 nitrogen and oxygen atoms in total. The van der Waals surface area contributed by atoms with Gasteiger partial charge in [-0.25, -0.2) is 0 Å². The Balaban J connectivity index is 1.32. The van der Waals surface area contributed by atoms with E-state index in [1.165, 1.54) is 14.7 Å². The van der Waals surface area contributed by atoms with Crippen LogP contribution in [0.1, 0.15) is 71.3 Å². The highest BCUT2D eigenvalue weighted by molar-refractivity contribution is 8.24. The molecule has 29 heteroatoms. The third-order valence-electron chi connectivity index (χ3n) is 13.4. The van der Waals surface area contributed by atoms with Gasteiger partial charge < -0.3 is 59.8 Å². The van der Waals surface area contributed by atoms with Crippen LogP contribution < -0.4 is 20.9 Å². The second-order valence-electron chi connectivity index (χ2n) is 20.1. The van der Waals surface area contributed by atoms with Crippen molar-refractivity contribution >= 4 is 172 Å². The fourth-order valence-electron chi connectivity index (χ4n) is 8.69. The Bertz CT molecular complexity index is 2750. The third-order valence-corrected chi connectivity index (χ3v) is 19.4. The van der Waals surface area contributed by atoms with Crippen molar-refractivity contribution in [3.8, 4) is 0 Å². The normalized spacial score (nSPS) is 11.9. The maximum absolute atomic E-state index is 13.9. The van der Waals surface area contributed by atoms with Gasteiger partial charge in [-0.2, -0.15) is 0 Å². The maximum atomic E-state index is 13.9. The number of unbranched alkanes of at least 4 members (excludes halogenated alkanes) is 1. The van der Waals surface area contributed by atoms with E-state index in [1.807, 2.05) is 112 Å². The SMILES string of the molecule is CCCCNC(=O)CN(CCOC(=O)CSC(=S)N(CCOC(=O)CSC(=S)N(CCO)CC(=O)N(CC)CC)CC(=O)NCc1ccccc1)C(=S)SCC(=O)OCCN(CC(=O)NC1CCCCC1)C(=S)SCC(=O)N(c1ccccc1)c1ccccc1. The number of hydrogen-bond acceptors (Lipinski definition) is 20. The molecular formula is C61H83N9O12S8. The molecule has 0 aliphatic heterocycles. The van der Waals surface area contributed by atoms with E-state index in [9.17, 15) is 43.5 Å². The predicted octanol–water partition coefficient (Wildman–Crippen LogP) is 6.80. The van der Waals surface area contributed by atoms with E-state index >= 15 is 0 Å². The Hall–Kier alpha value is -5.66. The van der Waals surface area contributed by atoms with Crippen LogP contribution >= 0.6 is 95.9 Å². The van der Waals surface area contributed by atoms with Gasteiger partial charge in [0.2, 0.25) is 29.5 Å². The van der Waals surface area contributed by atoms with Gasteiger partial charge in [-0.1, -0.05) is 195 Å². The van der Waals surface area contributed by atoms with E-state index in [0.29, 0.717) is 31.0 Å². The molecule has 1 fully saturated rings. The Morgan fingerprint density at radius 2 is 0.911 bits per heavy atom. The first-order chi connectivity index (χ1) is 43.4. The third kappa shape index (κ3) is 30.6. The molecule has 90 heavy (non-hydrogen) atoms. The van der Waals surface area contributed by atoms with Crippen LogP contribution in [0.25, 0.3) is 0 Å². The van der Waals surface area contributed by atoms with Crippen LogP contribution in [-0.2, 0) is 59.1 Å². The van der Waals surface area contributed by atoms with Gasteiger partial charge in [-0.15, -0.1) is 0 Å². The fourth-order valence-corrected chi connectivity index (χ4v) is 12.7. The summed E-state index contributed by atoms with van der Waals surface area (Å²) in [6.07, 6.45) is 6.54. The first-order valence-corrected chi connectivity index (χ1v) is 35.3. The van der Waals surface area contributed by atoms with Crippen molar-refractivity contribution in [1.82, 2.24) is 40.4 Å². The molecule has 0 atom stereocenters. The number of carbonyl (C=O) groups excluding carboxylic acids is 8. The van der Waals surface area contributed by atoms with Gasteiger partial charge in [-0.05, 0) is 62.9 Å². The lowest BCUT2D eigenvalue weighted by Gasteiger charge is -2.28. The molecule has 5 amide bonds. The monoisotopic (exact) mass is 1390 g/mol. The summed E-state index contributed by atoms with van der Waals surface area (Å²) in [5.41, 5.74) is 2.24. The number of likely N-dealkylation sites (N-methyl/N-ethyl adjacent to an activating group) is 1.